The highest BCUT2D eigenvalue weighted by atomic mass is 35.5. The normalized spacial score (nSPS) is 11.6. The minimum atomic E-state index is -3.58. The average molecular weight is 400 g/mol. The van der Waals surface area contributed by atoms with Gasteiger partial charge in [0, 0.05) is 18.5 Å². The summed E-state index contributed by atoms with van der Waals surface area (Å²) in [6, 6.07) is 10.2. The van der Waals surface area contributed by atoms with Crippen LogP contribution < -0.4 is 9.46 Å². The minimum absolute atomic E-state index is 0.141. The molecule has 3 rings (SSSR count). The van der Waals surface area contributed by atoms with Crippen LogP contribution in [0.3, 0.4) is 0 Å². The SMILES string of the molecule is COc1ccc(-c2noc(CCNS(=O)(=O)c3ccc(Cl)s3)n2)cc1. The van der Waals surface area contributed by atoms with E-state index in [0.29, 0.717) is 16.1 Å². The Labute approximate surface area is 153 Å². The molecule has 25 heavy (non-hydrogen) atoms. The molecular formula is C15H14ClN3O4S2. The number of nitrogens with one attached hydrogen (secondary N) is 1. The summed E-state index contributed by atoms with van der Waals surface area (Å²) in [5.41, 5.74) is 0.782. The van der Waals surface area contributed by atoms with Gasteiger partial charge in [0.15, 0.2) is 0 Å². The fraction of sp³-hybridized carbons (Fsp3) is 0.200. The molecule has 1 aromatic carbocycles. The summed E-state index contributed by atoms with van der Waals surface area (Å²) >= 11 is 6.76. The second-order valence-corrected chi connectivity index (χ2v) is 8.66. The molecule has 0 aliphatic carbocycles. The van der Waals surface area contributed by atoms with E-state index in [-0.39, 0.29) is 17.2 Å². The van der Waals surface area contributed by atoms with Crippen molar-refractivity contribution >= 4 is 33.0 Å². The minimum Gasteiger partial charge on any atom is -0.497 e. The van der Waals surface area contributed by atoms with Crippen molar-refractivity contribution in [2.75, 3.05) is 13.7 Å². The first-order valence-corrected chi connectivity index (χ1v) is 9.88. The van der Waals surface area contributed by atoms with Gasteiger partial charge in [0.2, 0.25) is 21.7 Å². The monoisotopic (exact) mass is 399 g/mol. The van der Waals surface area contributed by atoms with E-state index in [1.54, 1.807) is 25.3 Å². The summed E-state index contributed by atoms with van der Waals surface area (Å²) in [6.07, 6.45) is 0.279. The van der Waals surface area contributed by atoms with E-state index in [1.807, 2.05) is 12.1 Å². The molecule has 0 aliphatic heterocycles. The summed E-state index contributed by atoms with van der Waals surface area (Å²) in [4.78, 5) is 4.26. The molecule has 0 spiro atoms. The van der Waals surface area contributed by atoms with Crippen LogP contribution in [-0.2, 0) is 16.4 Å². The van der Waals surface area contributed by atoms with Gasteiger partial charge in [-0.25, -0.2) is 13.1 Å². The van der Waals surface area contributed by atoms with Crippen molar-refractivity contribution in [1.29, 1.82) is 0 Å². The van der Waals surface area contributed by atoms with Crippen LogP contribution in [-0.4, -0.2) is 32.2 Å². The van der Waals surface area contributed by atoms with Crippen molar-refractivity contribution in [1.82, 2.24) is 14.9 Å². The van der Waals surface area contributed by atoms with Crippen LogP contribution in [0.4, 0.5) is 0 Å². The Morgan fingerprint density at radius 3 is 2.64 bits per heavy atom. The third kappa shape index (κ3) is 4.37. The first-order chi connectivity index (χ1) is 12.0. The molecule has 7 nitrogen and oxygen atoms in total. The molecule has 0 unspecified atom stereocenters. The highest BCUT2D eigenvalue weighted by molar-refractivity contribution is 7.91. The van der Waals surface area contributed by atoms with E-state index in [1.165, 1.54) is 6.07 Å². The molecule has 3 aromatic rings. The lowest BCUT2D eigenvalue weighted by atomic mass is 10.2. The topological polar surface area (TPSA) is 94.3 Å². The molecule has 2 heterocycles. The van der Waals surface area contributed by atoms with Crippen LogP contribution >= 0.6 is 22.9 Å². The fourth-order valence-electron chi connectivity index (χ4n) is 2.02. The second-order valence-electron chi connectivity index (χ2n) is 4.95. The molecule has 132 valence electrons. The van der Waals surface area contributed by atoms with Gasteiger partial charge in [-0.2, -0.15) is 4.98 Å². The lowest BCUT2D eigenvalue weighted by Gasteiger charge is -2.02. The Bertz CT molecular complexity index is 951. The van der Waals surface area contributed by atoms with Gasteiger partial charge >= 0.3 is 0 Å². The fourth-order valence-corrected chi connectivity index (χ4v) is 4.58. The maximum absolute atomic E-state index is 12.1. The smallest absolute Gasteiger partial charge is 0.250 e. The van der Waals surface area contributed by atoms with Gasteiger partial charge in [-0.3, -0.25) is 0 Å². The van der Waals surface area contributed by atoms with Gasteiger partial charge in [-0.05, 0) is 36.4 Å². The van der Waals surface area contributed by atoms with Gasteiger partial charge in [0.1, 0.15) is 9.96 Å². The van der Waals surface area contributed by atoms with Crippen molar-refractivity contribution in [3.05, 3.63) is 46.6 Å². The molecule has 0 aliphatic rings. The zero-order valence-electron chi connectivity index (χ0n) is 13.1. The van der Waals surface area contributed by atoms with Crippen molar-refractivity contribution in [3.8, 4) is 17.1 Å². The molecule has 0 atom stereocenters. The molecule has 1 N–H and O–H groups in total. The van der Waals surface area contributed by atoms with Crippen LogP contribution in [0.1, 0.15) is 5.89 Å². The van der Waals surface area contributed by atoms with E-state index < -0.39 is 10.0 Å². The number of thiophene rings is 1. The van der Waals surface area contributed by atoms with E-state index in [2.05, 4.69) is 14.9 Å². The molecule has 2 aromatic heterocycles. The van der Waals surface area contributed by atoms with Crippen molar-refractivity contribution in [2.45, 2.75) is 10.6 Å². The number of halogens is 1. The lowest BCUT2D eigenvalue weighted by Crippen LogP contribution is -2.25. The van der Waals surface area contributed by atoms with Gasteiger partial charge in [0.05, 0.1) is 11.4 Å². The van der Waals surface area contributed by atoms with Crippen LogP contribution in [0.25, 0.3) is 11.4 Å². The van der Waals surface area contributed by atoms with Crippen molar-refractivity contribution in [2.24, 2.45) is 0 Å². The molecule has 0 bridgehead atoms. The number of aromatic nitrogens is 2. The third-order valence-corrected chi connectivity index (χ3v) is 6.44. The van der Waals surface area contributed by atoms with Gasteiger partial charge in [0.25, 0.3) is 0 Å². The predicted octanol–water partition coefficient (Wildman–Crippen LogP) is 2.98. The molecule has 0 saturated carbocycles. The largest absolute Gasteiger partial charge is 0.497 e. The van der Waals surface area contributed by atoms with Crippen LogP contribution in [0, 0.1) is 0 Å². The van der Waals surface area contributed by atoms with Gasteiger partial charge in [-0.1, -0.05) is 16.8 Å². The van der Waals surface area contributed by atoms with Gasteiger partial charge in [-0.15, -0.1) is 11.3 Å². The maximum atomic E-state index is 12.1. The highest BCUT2D eigenvalue weighted by Crippen LogP contribution is 2.25. The summed E-state index contributed by atoms with van der Waals surface area (Å²) in [6.45, 7) is 0.141. The Morgan fingerprint density at radius 2 is 2.00 bits per heavy atom. The van der Waals surface area contributed by atoms with E-state index >= 15 is 0 Å². The van der Waals surface area contributed by atoms with Crippen LogP contribution in [0.5, 0.6) is 5.75 Å². The molecule has 0 fully saturated rings. The first kappa shape index (κ1) is 17.9. The summed E-state index contributed by atoms with van der Waals surface area (Å²) in [5.74, 6) is 1.51. The number of benzene rings is 1. The van der Waals surface area contributed by atoms with E-state index in [0.717, 1.165) is 22.6 Å². The zero-order valence-corrected chi connectivity index (χ0v) is 15.5. The molecular weight excluding hydrogens is 386 g/mol. The Balaban J connectivity index is 1.60. The number of hydrogen-bond acceptors (Lipinski definition) is 7. The molecule has 10 heteroatoms. The molecule has 0 saturated heterocycles. The number of ether oxygens (including phenoxy) is 1. The first-order valence-electron chi connectivity index (χ1n) is 7.20. The van der Waals surface area contributed by atoms with Gasteiger partial charge < -0.3 is 9.26 Å². The van der Waals surface area contributed by atoms with E-state index in [4.69, 9.17) is 20.9 Å². The zero-order chi connectivity index (χ0) is 17.9. The number of methoxy groups -OCH3 is 1. The third-order valence-electron chi connectivity index (χ3n) is 3.26. The Hall–Kier alpha value is -1.94. The molecule has 0 radical (unpaired) electrons. The predicted molar refractivity (Wildman–Crippen MR) is 94.5 cm³/mol. The van der Waals surface area contributed by atoms with Crippen molar-refractivity contribution < 1.29 is 17.7 Å². The summed E-state index contributed by atoms with van der Waals surface area (Å²) in [5, 5.41) is 3.90. The van der Waals surface area contributed by atoms with Crippen molar-refractivity contribution in [3.63, 3.8) is 0 Å². The highest BCUT2D eigenvalue weighted by Gasteiger charge is 2.17. The quantitative estimate of drug-likeness (QED) is 0.656. The summed E-state index contributed by atoms with van der Waals surface area (Å²) in [7, 11) is -1.99. The number of hydrogen-bond donors (Lipinski definition) is 1. The number of sulfonamides is 1. The number of rotatable bonds is 7. The van der Waals surface area contributed by atoms with Crippen LogP contribution in [0.2, 0.25) is 4.34 Å². The standard InChI is InChI=1S/C15H14ClN3O4S2/c1-22-11-4-2-10(3-5-11)15-18-13(23-19-15)8-9-17-25(20,21)14-7-6-12(16)24-14/h2-7,17H,8-9H2,1H3. The Morgan fingerprint density at radius 1 is 1.24 bits per heavy atom. The Kier molecular flexibility index (Phi) is 5.38. The maximum Gasteiger partial charge on any atom is 0.250 e. The summed E-state index contributed by atoms with van der Waals surface area (Å²) < 4.78 is 37.5. The average Bonchev–Trinajstić information content (AvgIpc) is 3.24. The lowest BCUT2D eigenvalue weighted by molar-refractivity contribution is 0.379. The number of nitrogens with zero attached hydrogens (tertiary/aromatic N) is 2. The van der Waals surface area contributed by atoms with E-state index in [9.17, 15) is 8.42 Å². The molecule has 0 amide bonds. The van der Waals surface area contributed by atoms with Crippen LogP contribution in [0.15, 0.2) is 45.1 Å². The second kappa shape index (κ2) is 7.52.